The number of carbonyl (C=O) groups excluding carboxylic acids is 1. The molecule has 108 valence electrons. The summed E-state index contributed by atoms with van der Waals surface area (Å²) in [5, 5.41) is 0.684. The number of hydrogen-bond acceptors (Lipinski definition) is 2. The second-order valence-corrected chi connectivity index (χ2v) is 5.48. The van der Waals surface area contributed by atoms with Crippen LogP contribution in [0, 0.1) is 0 Å². The van der Waals surface area contributed by atoms with Crippen LogP contribution < -0.4 is 10.6 Å². The van der Waals surface area contributed by atoms with Crippen molar-refractivity contribution < 1.29 is 4.79 Å². The summed E-state index contributed by atoms with van der Waals surface area (Å²) in [5.41, 5.74) is 8.37. The van der Waals surface area contributed by atoms with Gasteiger partial charge in [-0.3, -0.25) is 4.90 Å². The van der Waals surface area contributed by atoms with Crippen molar-refractivity contribution in [3.63, 3.8) is 0 Å². The third kappa shape index (κ3) is 2.81. The Hall–Kier alpha value is -2.20. The molecule has 2 aromatic rings. The standard InChI is InChI=1S/C16H16ClN3O/c17-13-5-3-4-12(10-13)11-19-8-9-20(16(19)21)15-7-2-1-6-14(15)18/h1-7,10H,8-9,11,18H2. The van der Waals surface area contributed by atoms with Crippen LogP contribution in [-0.2, 0) is 6.54 Å². The molecule has 1 heterocycles. The highest BCUT2D eigenvalue weighted by molar-refractivity contribution is 6.30. The highest BCUT2D eigenvalue weighted by Crippen LogP contribution is 2.27. The maximum absolute atomic E-state index is 12.5. The number of amides is 2. The van der Waals surface area contributed by atoms with Gasteiger partial charge in [-0.05, 0) is 29.8 Å². The Morgan fingerprint density at radius 2 is 1.90 bits per heavy atom. The quantitative estimate of drug-likeness (QED) is 0.884. The van der Waals surface area contributed by atoms with Crippen molar-refractivity contribution in [3.8, 4) is 0 Å². The topological polar surface area (TPSA) is 49.6 Å². The van der Waals surface area contributed by atoms with E-state index in [4.69, 9.17) is 17.3 Å². The fraction of sp³-hybridized carbons (Fsp3) is 0.188. The number of carbonyl (C=O) groups is 1. The fourth-order valence-electron chi connectivity index (χ4n) is 2.54. The monoisotopic (exact) mass is 301 g/mol. The van der Waals surface area contributed by atoms with Crippen LogP contribution in [0.4, 0.5) is 16.2 Å². The first-order valence-corrected chi connectivity index (χ1v) is 7.18. The SMILES string of the molecule is Nc1ccccc1N1CCN(Cc2cccc(Cl)c2)C1=O. The second kappa shape index (κ2) is 5.66. The molecule has 0 saturated carbocycles. The first kappa shape index (κ1) is 13.8. The highest BCUT2D eigenvalue weighted by atomic mass is 35.5. The zero-order valence-corrected chi connectivity index (χ0v) is 12.3. The molecule has 0 unspecified atom stereocenters. The van der Waals surface area contributed by atoms with E-state index in [1.807, 2.05) is 48.5 Å². The molecular weight excluding hydrogens is 286 g/mol. The van der Waals surface area contributed by atoms with Gasteiger partial charge in [0.05, 0.1) is 11.4 Å². The summed E-state index contributed by atoms with van der Waals surface area (Å²) in [4.78, 5) is 16.0. The van der Waals surface area contributed by atoms with Gasteiger partial charge in [-0.2, -0.15) is 0 Å². The van der Waals surface area contributed by atoms with Gasteiger partial charge in [0.15, 0.2) is 0 Å². The van der Waals surface area contributed by atoms with Crippen molar-refractivity contribution in [2.45, 2.75) is 6.54 Å². The summed E-state index contributed by atoms with van der Waals surface area (Å²) in [6.45, 7) is 1.88. The maximum atomic E-state index is 12.5. The summed E-state index contributed by atoms with van der Waals surface area (Å²) >= 11 is 5.98. The highest BCUT2D eigenvalue weighted by Gasteiger charge is 2.30. The zero-order valence-electron chi connectivity index (χ0n) is 11.5. The first-order chi connectivity index (χ1) is 10.1. The number of nitrogens with zero attached hydrogens (tertiary/aromatic N) is 2. The summed E-state index contributed by atoms with van der Waals surface area (Å²) < 4.78 is 0. The Kier molecular flexibility index (Phi) is 3.71. The molecule has 1 aliphatic heterocycles. The molecule has 4 nitrogen and oxygen atoms in total. The Labute approximate surface area is 128 Å². The molecule has 1 saturated heterocycles. The maximum Gasteiger partial charge on any atom is 0.324 e. The van der Waals surface area contributed by atoms with E-state index in [1.54, 1.807) is 9.80 Å². The summed E-state index contributed by atoms with van der Waals surface area (Å²) in [6, 6.07) is 15.0. The number of anilines is 2. The molecule has 2 amide bonds. The van der Waals surface area contributed by atoms with Crippen molar-refractivity contribution in [3.05, 3.63) is 59.1 Å². The second-order valence-electron chi connectivity index (χ2n) is 5.04. The molecule has 21 heavy (non-hydrogen) atoms. The van der Waals surface area contributed by atoms with Gasteiger partial charge in [-0.15, -0.1) is 0 Å². The van der Waals surface area contributed by atoms with Crippen molar-refractivity contribution in [2.24, 2.45) is 0 Å². The number of benzene rings is 2. The molecule has 0 atom stereocenters. The minimum absolute atomic E-state index is 0.0205. The van der Waals surface area contributed by atoms with E-state index in [-0.39, 0.29) is 6.03 Å². The van der Waals surface area contributed by atoms with Gasteiger partial charge in [0.2, 0.25) is 0 Å². The van der Waals surface area contributed by atoms with E-state index in [9.17, 15) is 4.79 Å². The molecule has 1 aliphatic rings. The lowest BCUT2D eigenvalue weighted by Gasteiger charge is -2.20. The van der Waals surface area contributed by atoms with E-state index in [0.29, 0.717) is 30.3 Å². The molecular formula is C16H16ClN3O. The average Bonchev–Trinajstić information content (AvgIpc) is 2.81. The third-order valence-electron chi connectivity index (χ3n) is 3.58. The van der Waals surface area contributed by atoms with Crippen LogP contribution in [0.2, 0.25) is 5.02 Å². The molecule has 0 bridgehead atoms. The Morgan fingerprint density at radius 1 is 1.10 bits per heavy atom. The molecule has 1 fully saturated rings. The van der Waals surface area contributed by atoms with E-state index in [0.717, 1.165) is 11.3 Å². The summed E-state index contributed by atoms with van der Waals surface area (Å²) in [6.07, 6.45) is 0. The van der Waals surface area contributed by atoms with E-state index in [2.05, 4.69) is 0 Å². The number of rotatable bonds is 3. The van der Waals surface area contributed by atoms with Crippen molar-refractivity contribution in [1.82, 2.24) is 4.90 Å². The van der Waals surface area contributed by atoms with Crippen molar-refractivity contribution >= 4 is 29.0 Å². The molecule has 0 spiro atoms. The minimum Gasteiger partial charge on any atom is -0.397 e. The van der Waals surface area contributed by atoms with E-state index >= 15 is 0 Å². The van der Waals surface area contributed by atoms with Crippen molar-refractivity contribution in [1.29, 1.82) is 0 Å². The summed E-state index contributed by atoms with van der Waals surface area (Å²) in [5.74, 6) is 0. The molecule has 0 aromatic heterocycles. The van der Waals surface area contributed by atoms with Gasteiger partial charge in [-0.25, -0.2) is 4.79 Å². The number of hydrogen-bond donors (Lipinski definition) is 1. The largest absolute Gasteiger partial charge is 0.397 e. The van der Waals surface area contributed by atoms with Crippen LogP contribution in [0.25, 0.3) is 0 Å². The molecule has 0 radical (unpaired) electrons. The number of urea groups is 1. The Morgan fingerprint density at radius 3 is 2.67 bits per heavy atom. The van der Waals surface area contributed by atoms with Crippen molar-refractivity contribution in [2.75, 3.05) is 23.7 Å². The molecule has 0 aliphatic carbocycles. The lowest BCUT2D eigenvalue weighted by atomic mass is 10.2. The molecule has 2 aromatic carbocycles. The number of para-hydroxylation sites is 2. The molecule has 3 rings (SSSR count). The van der Waals surface area contributed by atoms with Gasteiger partial charge in [-0.1, -0.05) is 35.9 Å². The van der Waals surface area contributed by atoms with Crippen LogP contribution in [0.15, 0.2) is 48.5 Å². The van der Waals surface area contributed by atoms with Gasteiger partial charge >= 0.3 is 6.03 Å². The number of halogens is 1. The van der Waals surface area contributed by atoms with Crippen LogP contribution in [0.5, 0.6) is 0 Å². The van der Waals surface area contributed by atoms with Gasteiger partial charge in [0.25, 0.3) is 0 Å². The van der Waals surface area contributed by atoms with Crippen LogP contribution in [0.3, 0.4) is 0 Å². The predicted molar refractivity (Wildman–Crippen MR) is 85.5 cm³/mol. The minimum atomic E-state index is -0.0205. The molecule has 5 heteroatoms. The Balaban J connectivity index is 1.76. The van der Waals surface area contributed by atoms with E-state index < -0.39 is 0 Å². The van der Waals surface area contributed by atoms with Crippen LogP contribution in [-0.4, -0.2) is 24.0 Å². The number of nitrogen functional groups attached to an aromatic ring is 1. The smallest absolute Gasteiger partial charge is 0.324 e. The first-order valence-electron chi connectivity index (χ1n) is 6.80. The van der Waals surface area contributed by atoms with Gasteiger partial charge < -0.3 is 10.6 Å². The Bertz CT molecular complexity index is 674. The lowest BCUT2D eigenvalue weighted by molar-refractivity contribution is 0.219. The van der Waals surface area contributed by atoms with Crippen LogP contribution >= 0.6 is 11.6 Å². The van der Waals surface area contributed by atoms with Crippen LogP contribution in [0.1, 0.15) is 5.56 Å². The zero-order chi connectivity index (χ0) is 14.8. The molecule has 2 N–H and O–H groups in total. The number of nitrogens with two attached hydrogens (primary N) is 1. The average molecular weight is 302 g/mol. The van der Waals surface area contributed by atoms with E-state index in [1.165, 1.54) is 0 Å². The predicted octanol–water partition coefficient (Wildman–Crippen LogP) is 3.36. The normalized spacial score (nSPS) is 14.8. The fourth-order valence-corrected chi connectivity index (χ4v) is 2.75. The van der Waals surface area contributed by atoms with Gasteiger partial charge in [0, 0.05) is 24.7 Å². The van der Waals surface area contributed by atoms with Gasteiger partial charge in [0.1, 0.15) is 0 Å². The summed E-state index contributed by atoms with van der Waals surface area (Å²) in [7, 11) is 0. The third-order valence-corrected chi connectivity index (χ3v) is 3.82. The lowest BCUT2D eigenvalue weighted by Crippen LogP contribution is -2.31.